The second-order valence-corrected chi connectivity index (χ2v) is 7.93. The molecule has 0 radical (unpaired) electrons. The molecule has 4 rings (SSSR count). The van der Waals surface area contributed by atoms with E-state index in [1.807, 2.05) is 0 Å². The highest BCUT2D eigenvalue weighted by molar-refractivity contribution is 7.95. The van der Waals surface area contributed by atoms with Crippen molar-refractivity contribution in [1.82, 2.24) is 0 Å². The molecule has 4 aliphatic carbocycles. The highest BCUT2D eigenvalue weighted by Gasteiger charge is 2.57. The number of hydrogen-bond donors (Lipinski definition) is 1. The number of hydrogen-bond acceptors (Lipinski definition) is 6. The third kappa shape index (κ3) is 3.51. The summed E-state index contributed by atoms with van der Waals surface area (Å²) in [6, 6.07) is 0. The molecular formula is C13H19F2O5S-. The first kappa shape index (κ1) is 15.9. The van der Waals surface area contributed by atoms with Gasteiger partial charge in [0.25, 0.3) is 0 Å². The third-order valence-electron chi connectivity index (χ3n) is 5.01. The topological polar surface area (TPSA) is 71.0 Å². The maximum absolute atomic E-state index is 13.3. The van der Waals surface area contributed by atoms with Crippen molar-refractivity contribution in [3.05, 3.63) is 0 Å². The van der Waals surface area contributed by atoms with Gasteiger partial charge < -0.3 is 15.1 Å². The fourth-order valence-corrected chi connectivity index (χ4v) is 5.30. The normalized spacial score (nSPS) is 41.7. The molecule has 4 fully saturated rings. The maximum Gasteiger partial charge on any atom is 0.343 e. The van der Waals surface area contributed by atoms with Gasteiger partial charge in [-0.15, -0.1) is 0 Å². The number of alkyl halides is 2. The molecule has 2 atom stereocenters. The monoisotopic (exact) mass is 325 g/mol. The number of ether oxygens (including phenoxy) is 1. The largest absolute Gasteiger partial charge is 0.691 e. The molecule has 4 aliphatic rings. The third-order valence-corrected chi connectivity index (χ3v) is 5.50. The number of halogens is 2. The van der Waals surface area contributed by atoms with Crippen LogP contribution in [0.1, 0.15) is 38.5 Å². The Kier molecular flexibility index (Phi) is 4.22. The van der Waals surface area contributed by atoms with Gasteiger partial charge in [0, 0.05) is 0 Å². The standard InChI is InChI=1S/C13H20F2O5S/c14-13(15,21-20-19-17)8-18-7-11-2-9-1-10(3-11)5-12(16,4-9)6-11/h9-10,16-17H,1-8H2/p-1. The molecule has 122 valence electrons. The minimum atomic E-state index is -3.33. The van der Waals surface area contributed by atoms with Crippen LogP contribution in [0.2, 0.25) is 0 Å². The Morgan fingerprint density at radius 1 is 1.24 bits per heavy atom. The predicted octanol–water partition coefficient (Wildman–Crippen LogP) is 1.80. The fourth-order valence-electron chi connectivity index (χ4n) is 5.04. The molecule has 21 heavy (non-hydrogen) atoms. The summed E-state index contributed by atoms with van der Waals surface area (Å²) in [5.41, 5.74) is -0.792. The summed E-state index contributed by atoms with van der Waals surface area (Å²) in [5, 5.41) is 19.7. The van der Waals surface area contributed by atoms with E-state index in [1.54, 1.807) is 0 Å². The van der Waals surface area contributed by atoms with Gasteiger partial charge in [-0.25, -0.2) is 0 Å². The molecular weight excluding hydrogens is 306 g/mol. The number of rotatable bonds is 7. The molecule has 0 saturated heterocycles. The van der Waals surface area contributed by atoms with E-state index in [0.29, 0.717) is 18.3 Å². The summed E-state index contributed by atoms with van der Waals surface area (Å²) < 4.78 is 35.4. The minimum absolute atomic E-state index is 0.171. The lowest BCUT2D eigenvalue weighted by Gasteiger charge is -2.60. The van der Waals surface area contributed by atoms with Crippen molar-refractivity contribution < 1.29 is 33.3 Å². The lowest BCUT2D eigenvalue weighted by atomic mass is 9.48. The molecule has 0 aromatic rings. The van der Waals surface area contributed by atoms with Crippen molar-refractivity contribution in [2.24, 2.45) is 17.3 Å². The number of aliphatic hydroxyl groups is 1. The fraction of sp³-hybridized carbons (Fsp3) is 1.00. The SMILES string of the molecule is [O-]OOSC(F)(F)COCC12CC3CC(CC(O)(C3)C1)C2. The molecule has 0 amide bonds. The van der Waals surface area contributed by atoms with Crippen molar-refractivity contribution in [3.8, 4) is 0 Å². The van der Waals surface area contributed by atoms with Crippen LogP contribution in [0.4, 0.5) is 8.78 Å². The van der Waals surface area contributed by atoms with Gasteiger partial charge in [0.1, 0.15) is 18.6 Å². The molecule has 0 heterocycles. The van der Waals surface area contributed by atoms with Crippen molar-refractivity contribution in [2.75, 3.05) is 13.2 Å². The summed E-state index contributed by atoms with van der Waals surface area (Å²) in [6.45, 7) is -0.618. The molecule has 8 heteroatoms. The van der Waals surface area contributed by atoms with Gasteiger partial charge in [0.15, 0.2) is 0 Å². The molecule has 4 bridgehead atoms. The van der Waals surface area contributed by atoms with Crippen molar-refractivity contribution in [2.45, 2.75) is 49.4 Å². The quantitative estimate of drug-likeness (QED) is 0.437. The van der Waals surface area contributed by atoms with Crippen LogP contribution in [-0.4, -0.2) is 29.2 Å². The van der Waals surface area contributed by atoms with E-state index in [1.165, 1.54) is 0 Å². The molecule has 1 N–H and O–H groups in total. The zero-order valence-electron chi connectivity index (χ0n) is 11.6. The predicted molar refractivity (Wildman–Crippen MR) is 67.6 cm³/mol. The first-order valence-electron chi connectivity index (χ1n) is 7.16. The van der Waals surface area contributed by atoms with E-state index in [2.05, 4.69) is 9.37 Å². The second-order valence-electron chi connectivity index (χ2n) is 7.03. The van der Waals surface area contributed by atoms with E-state index in [4.69, 9.17) is 4.74 Å². The van der Waals surface area contributed by atoms with Gasteiger partial charge in [-0.2, -0.15) is 13.1 Å². The van der Waals surface area contributed by atoms with Crippen molar-refractivity contribution in [3.63, 3.8) is 0 Å². The van der Waals surface area contributed by atoms with Gasteiger partial charge in [0.05, 0.1) is 12.2 Å². The molecule has 0 spiro atoms. The summed E-state index contributed by atoms with van der Waals surface area (Å²) in [7, 11) is 0. The Balaban J connectivity index is 1.53. The van der Waals surface area contributed by atoms with Crippen LogP contribution in [0.3, 0.4) is 0 Å². The van der Waals surface area contributed by atoms with Gasteiger partial charge in [-0.05, 0) is 55.8 Å². The molecule has 0 aromatic heterocycles. The van der Waals surface area contributed by atoms with E-state index < -0.39 is 17.5 Å². The van der Waals surface area contributed by atoms with Crippen LogP contribution >= 0.6 is 12.0 Å². The Morgan fingerprint density at radius 3 is 2.48 bits per heavy atom. The Morgan fingerprint density at radius 2 is 1.90 bits per heavy atom. The summed E-state index contributed by atoms with van der Waals surface area (Å²) in [6.07, 6.45) is 5.36. The van der Waals surface area contributed by atoms with Crippen LogP contribution in [0.15, 0.2) is 0 Å². The maximum atomic E-state index is 13.3. The van der Waals surface area contributed by atoms with Crippen LogP contribution in [0, 0.1) is 17.3 Å². The smallest absolute Gasteiger partial charge is 0.343 e. The molecule has 2 unspecified atom stereocenters. The molecule has 0 aliphatic heterocycles. The summed E-state index contributed by atoms with van der Waals surface area (Å²) in [5.74, 6) is 0.985. The second kappa shape index (κ2) is 5.58. The summed E-state index contributed by atoms with van der Waals surface area (Å²) >= 11 is -0.348. The van der Waals surface area contributed by atoms with Crippen LogP contribution in [-0.2, 0) is 14.1 Å². The average molecular weight is 325 g/mol. The van der Waals surface area contributed by atoms with Crippen molar-refractivity contribution >= 4 is 12.0 Å². The van der Waals surface area contributed by atoms with Gasteiger partial charge in [0.2, 0.25) is 0 Å². The van der Waals surface area contributed by atoms with Gasteiger partial charge in [-0.3, -0.25) is 5.04 Å². The van der Waals surface area contributed by atoms with E-state index in [9.17, 15) is 19.1 Å². The summed E-state index contributed by atoms with van der Waals surface area (Å²) in [4.78, 5) is 0. The van der Waals surface area contributed by atoms with Crippen LogP contribution < -0.4 is 5.26 Å². The van der Waals surface area contributed by atoms with E-state index >= 15 is 0 Å². The average Bonchev–Trinajstić information content (AvgIpc) is 2.32. The lowest BCUT2D eigenvalue weighted by Crippen LogP contribution is -2.57. The zero-order valence-corrected chi connectivity index (χ0v) is 12.4. The van der Waals surface area contributed by atoms with Crippen molar-refractivity contribution in [1.29, 1.82) is 0 Å². The molecule has 5 nitrogen and oxygen atoms in total. The molecule has 0 aromatic carbocycles. The first-order valence-corrected chi connectivity index (χ1v) is 7.90. The Hall–Kier alpha value is 0.01000. The zero-order chi connectivity index (χ0) is 15.1. The molecule has 4 saturated carbocycles. The Bertz CT molecular complexity index is 381. The van der Waals surface area contributed by atoms with Crippen LogP contribution in [0.25, 0.3) is 0 Å². The first-order chi connectivity index (χ1) is 9.84. The Labute approximate surface area is 126 Å². The highest BCUT2D eigenvalue weighted by Crippen LogP contribution is 2.61. The van der Waals surface area contributed by atoms with Gasteiger partial charge in [-0.1, -0.05) is 0 Å². The van der Waals surface area contributed by atoms with Gasteiger partial charge >= 0.3 is 5.25 Å². The van der Waals surface area contributed by atoms with E-state index in [-0.39, 0.29) is 24.1 Å². The lowest BCUT2D eigenvalue weighted by molar-refractivity contribution is -0.777. The minimum Gasteiger partial charge on any atom is -0.691 e. The van der Waals surface area contributed by atoms with Crippen LogP contribution in [0.5, 0.6) is 0 Å². The highest BCUT2D eigenvalue weighted by atomic mass is 32.2. The van der Waals surface area contributed by atoms with E-state index in [0.717, 1.165) is 32.1 Å².